The van der Waals surface area contributed by atoms with Gasteiger partial charge in [-0.1, -0.05) is 31.0 Å². The van der Waals surface area contributed by atoms with Crippen LogP contribution in [-0.4, -0.2) is 56.3 Å². The quantitative estimate of drug-likeness (QED) is 0.292. The predicted octanol–water partition coefficient (Wildman–Crippen LogP) is 5.50. The molecule has 1 amide bonds. The summed E-state index contributed by atoms with van der Waals surface area (Å²) in [6.45, 7) is 2.39. The maximum absolute atomic E-state index is 13.4. The van der Waals surface area contributed by atoms with Crippen molar-refractivity contribution < 1.29 is 9.53 Å². The van der Waals surface area contributed by atoms with Crippen LogP contribution in [0.2, 0.25) is 0 Å². The molecule has 2 atom stereocenters. The lowest BCUT2D eigenvalue weighted by Crippen LogP contribution is -2.52. The minimum atomic E-state index is -0.233. The first-order valence-electron chi connectivity index (χ1n) is 13.4. The molecule has 2 aromatic carbocycles. The Morgan fingerprint density at radius 3 is 2.95 bits per heavy atom. The zero-order valence-electron chi connectivity index (χ0n) is 21.1. The number of anilines is 1. The van der Waals surface area contributed by atoms with Gasteiger partial charge in [-0.25, -0.2) is 4.98 Å². The monoisotopic (exact) mass is 506 g/mol. The molecule has 2 unspecified atom stereocenters. The molecule has 7 rings (SSSR count). The van der Waals surface area contributed by atoms with Gasteiger partial charge in [0.15, 0.2) is 0 Å². The fourth-order valence-corrected chi connectivity index (χ4v) is 6.11. The number of rotatable bonds is 5. The standard InChI is InChI=1S/C30H30N6O2/c37-30(25-8-3-5-20(33-25)18-36-13-14-38-29-10-2-1-9-28(29)36)34-26-15-19(16-27-23(26)17-32-35-27)21-6-4-7-24-22(21)11-12-31-24/h3-8,11-12,15-17,28-29,31H,1-2,9-10,13-14,18H2,(H,32,35)(H,34,37). The number of carbonyl (C=O) groups excluding carboxylic acids is 1. The molecule has 0 spiro atoms. The molecule has 2 fully saturated rings. The van der Waals surface area contributed by atoms with Gasteiger partial charge in [0.2, 0.25) is 0 Å². The van der Waals surface area contributed by atoms with Gasteiger partial charge in [0.1, 0.15) is 5.69 Å². The Morgan fingerprint density at radius 2 is 1.97 bits per heavy atom. The highest BCUT2D eigenvalue weighted by molar-refractivity contribution is 6.09. The number of hydrogen-bond donors (Lipinski definition) is 3. The molecule has 1 saturated carbocycles. The van der Waals surface area contributed by atoms with Crippen molar-refractivity contribution in [3.8, 4) is 11.1 Å². The Labute approximate surface area is 220 Å². The van der Waals surface area contributed by atoms with Crippen LogP contribution in [0.5, 0.6) is 0 Å². The van der Waals surface area contributed by atoms with E-state index < -0.39 is 0 Å². The first-order chi connectivity index (χ1) is 18.7. The minimum absolute atomic E-state index is 0.233. The Kier molecular flexibility index (Phi) is 5.91. The normalized spacial score (nSPS) is 20.0. The third-order valence-electron chi connectivity index (χ3n) is 7.96. The molecule has 1 aliphatic heterocycles. The first kappa shape index (κ1) is 23.1. The third kappa shape index (κ3) is 4.25. The number of fused-ring (bicyclic) bond motifs is 3. The molecule has 0 bridgehead atoms. The van der Waals surface area contributed by atoms with E-state index in [1.807, 2.05) is 30.5 Å². The molecule has 2 aliphatic rings. The maximum atomic E-state index is 13.4. The number of H-pyrrole nitrogens is 2. The first-order valence-corrected chi connectivity index (χ1v) is 13.4. The number of ether oxygens (including phenoxy) is 1. The van der Waals surface area contributed by atoms with E-state index in [2.05, 4.69) is 49.7 Å². The largest absolute Gasteiger partial charge is 0.375 e. The Balaban J connectivity index is 1.16. The van der Waals surface area contributed by atoms with Crippen molar-refractivity contribution in [3.05, 3.63) is 78.4 Å². The summed E-state index contributed by atoms with van der Waals surface area (Å²) in [6, 6.07) is 18.5. The van der Waals surface area contributed by atoms with Crippen molar-refractivity contribution in [2.45, 2.75) is 44.4 Å². The number of pyridine rings is 1. The van der Waals surface area contributed by atoms with Crippen molar-refractivity contribution in [2.24, 2.45) is 0 Å². The summed E-state index contributed by atoms with van der Waals surface area (Å²) in [6.07, 6.45) is 8.80. The maximum Gasteiger partial charge on any atom is 0.274 e. The molecule has 4 heterocycles. The van der Waals surface area contributed by atoms with Gasteiger partial charge >= 0.3 is 0 Å². The van der Waals surface area contributed by atoms with Gasteiger partial charge in [0.25, 0.3) is 5.91 Å². The Hall–Kier alpha value is -4.01. The van der Waals surface area contributed by atoms with Crippen LogP contribution in [0.15, 0.2) is 67.0 Å². The lowest BCUT2D eigenvalue weighted by Gasteiger charge is -2.43. The summed E-state index contributed by atoms with van der Waals surface area (Å²) in [5.74, 6) is -0.233. The van der Waals surface area contributed by atoms with Gasteiger partial charge in [0, 0.05) is 41.6 Å². The number of aromatic amines is 2. The van der Waals surface area contributed by atoms with E-state index in [4.69, 9.17) is 9.72 Å². The van der Waals surface area contributed by atoms with E-state index in [1.54, 1.807) is 12.3 Å². The second-order valence-electron chi connectivity index (χ2n) is 10.3. The number of hydrogen-bond acceptors (Lipinski definition) is 5. The molecular formula is C30H30N6O2. The van der Waals surface area contributed by atoms with Crippen LogP contribution in [0.25, 0.3) is 32.9 Å². The number of amides is 1. The number of aromatic nitrogens is 4. The molecule has 3 N–H and O–H groups in total. The van der Waals surface area contributed by atoms with Crippen molar-refractivity contribution in [2.75, 3.05) is 18.5 Å². The van der Waals surface area contributed by atoms with E-state index in [1.165, 1.54) is 19.3 Å². The molecule has 8 nitrogen and oxygen atoms in total. The van der Waals surface area contributed by atoms with Crippen molar-refractivity contribution in [1.82, 2.24) is 25.1 Å². The number of morpholine rings is 1. The summed E-state index contributed by atoms with van der Waals surface area (Å²) in [7, 11) is 0. The van der Waals surface area contributed by atoms with Crippen LogP contribution < -0.4 is 5.32 Å². The Morgan fingerprint density at radius 1 is 1.05 bits per heavy atom. The third-order valence-corrected chi connectivity index (χ3v) is 7.96. The zero-order valence-corrected chi connectivity index (χ0v) is 21.1. The average molecular weight is 507 g/mol. The van der Waals surface area contributed by atoms with Gasteiger partial charge in [-0.05, 0) is 60.4 Å². The van der Waals surface area contributed by atoms with Crippen LogP contribution in [-0.2, 0) is 11.3 Å². The highest BCUT2D eigenvalue weighted by Gasteiger charge is 2.34. The van der Waals surface area contributed by atoms with Crippen LogP contribution in [0.3, 0.4) is 0 Å². The molecule has 0 radical (unpaired) electrons. The van der Waals surface area contributed by atoms with Crippen LogP contribution >= 0.6 is 0 Å². The van der Waals surface area contributed by atoms with Crippen LogP contribution in [0.1, 0.15) is 41.9 Å². The van der Waals surface area contributed by atoms with Gasteiger partial charge in [-0.2, -0.15) is 5.10 Å². The zero-order chi connectivity index (χ0) is 25.5. The van der Waals surface area contributed by atoms with Crippen molar-refractivity contribution >= 4 is 33.4 Å². The summed E-state index contributed by atoms with van der Waals surface area (Å²) >= 11 is 0. The van der Waals surface area contributed by atoms with Crippen molar-refractivity contribution in [3.63, 3.8) is 0 Å². The predicted molar refractivity (Wildman–Crippen MR) is 148 cm³/mol. The lowest BCUT2D eigenvalue weighted by atomic mass is 9.90. The molecule has 1 saturated heterocycles. The Bertz CT molecular complexity index is 1620. The fraction of sp³-hybridized carbons (Fsp3) is 0.300. The van der Waals surface area contributed by atoms with Gasteiger partial charge in [-0.3, -0.25) is 14.8 Å². The van der Waals surface area contributed by atoms with Crippen LogP contribution in [0.4, 0.5) is 5.69 Å². The molecule has 1 aliphatic carbocycles. The van der Waals surface area contributed by atoms with Gasteiger partial charge in [0.05, 0.1) is 35.8 Å². The second kappa shape index (κ2) is 9.70. The van der Waals surface area contributed by atoms with Crippen molar-refractivity contribution in [1.29, 1.82) is 0 Å². The molecule has 3 aromatic heterocycles. The summed E-state index contributed by atoms with van der Waals surface area (Å²) < 4.78 is 6.03. The fourth-order valence-electron chi connectivity index (χ4n) is 6.11. The van der Waals surface area contributed by atoms with E-state index >= 15 is 0 Å². The molecule has 5 aromatic rings. The van der Waals surface area contributed by atoms with E-state index in [0.717, 1.165) is 64.7 Å². The number of benzene rings is 2. The number of nitrogens with zero attached hydrogens (tertiary/aromatic N) is 3. The van der Waals surface area contributed by atoms with E-state index in [0.29, 0.717) is 23.5 Å². The highest BCUT2D eigenvalue weighted by Crippen LogP contribution is 2.34. The average Bonchev–Trinajstić information content (AvgIpc) is 3.63. The smallest absolute Gasteiger partial charge is 0.274 e. The minimum Gasteiger partial charge on any atom is -0.375 e. The van der Waals surface area contributed by atoms with Gasteiger partial charge in [-0.15, -0.1) is 0 Å². The van der Waals surface area contributed by atoms with Gasteiger partial charge < -0.3 is 15.0 Å². The second-order valence-corrected chi connectivity index (χ2v) is 10.3. The summed E-state index contributed by atoms with van der Waals surface area (Å²) in [5, 5.41) is 12.4. The van der Waals surface area contributed by atoms with Crippen LogP contribution in [0, 0.1) is 0 Å². The summed E-state index contributed by atoms with van der Waals surface area (Å²) in [4.78, 5) is 23.9. The molecular weight excluding hydrogens is 476 g/mol. The van der Waals surface area contributed by atoms with E-state index in [-0.39, 0.29) is 5.91 Å². The molecule has 8 heteroatoms. The number of nitrogens with one attached hydrogen (secondary N) is 3. The summed E-state index contributed by atoms with van der Waals surface area (Å²) in [5.41, 5.74) is 6.03. The molecule has 192 valence electrons. The number of carbonyl (C=O) groups is 1. The topological polar surface area (TPSA) is 98.9 Å². The lowest BCUT2D eigenvalue weighted by molar-refractivity contribution is -0.0914. The molecule has 38 heavy (non-hydrogen) atoms. The van der Waals surface area contributed by atoms with E-state index in [9.17, 15) is 4.79 Å². The highest BCUT2D eigenvalue weighted by atomic mass is 16.5. The SMILES string of the molecule is O=C(Nc1cc(-c2cccc3[nH]ccc23)cc2[nH]ncc12)c1cccc(CN2CCOC3CCCCC32)n1.